The molecular formula is C15H15N3O5S. The van der Waals surface area contributed by atoms with Crippen molar-refractivity contribution in [3.63, 3.8) is 0 Å². The Hall–Kier alpha value is -2.94. The molecule has 0 aliphatic rings. The minimum atomic E-state index is -3.90. The second kappa shape index (κ2) is 7.09. The Morgan fingerprint density at radius 3 is 2.38 bits per heavy atom. The SMILES string of the molecule is CO/N=C(/C)c1ccccc1NS(=O)(=O)c1ccc([N+](=O)[O-])cc1. The van der Waals surface area contributed by atoms with Crippen LogP contribution in [0.5, 0.6) is 0 Å². The van der Waals surface area contributed by atoms with E-state index in [-0.39, 0.29) is 10.6 Å². The molecule has 24 heavy (non-hydrogen) atoms. The first-order chi connectivity index (χ1) is 11.3. The van der Waals surface area contributed by atoms with E-state index in [0.717, 1.165) is 12.1 Å². The number of sulfonamides is 1. The quantitative estimate of drug-likeness (QED) is 0.490. The fourth-order valence-corrected chi connectivity index (χ4v) is 3.10. The first-order valence-electron chi connectivity index (χ1n) is 6.79. The predicted octanol–water partition coefficient (Wildman–Crippen LogP) is 2.77. The molecule has 0 heterocycles. The number of rotatable bonds is 6. The fraction of sp³-hybridized carbons (Fsp3) is 0.133. The largest absolute Gasteiger partial charge is 0.399 e. The van der Waals surface area contributed by atoms with Gasteiger partial charge in [0, 0.05) is 17.7 Å². The van der Waals surface area contributed by atoms with E-state index >= 15 is 0 Å². The molecule has 0 unspecified atom stereocenters. The number of hydrogen-bond acceptors (Lipinski definition) is 6. The van der Waals surface area contributed by atoms with Gasteiger partial charge in [0.25, 0.3) is 15.7 Å². The molecule has 2 aromatic carbocycles. The summed E-state index contributed by atoms with van der Waals surface area (Å²) >= 11 is 0. The van der Waals surface area contributed by atoms with E-state index in [1.54, 1.807) is 31.2 Å². The number of nitrogens with one attached hydrogen (secondary N) is 1. The molecular weight excluding hydrogens is 334 g/mol. The molecule has 9 heteroatoms. The van der Waals surface area contributed by atoms with Crippen LogP contribution >= 0.6 is 0 Å². The van der Waals surface area contributed by atoms with Crippen LogP contribution in [0.2, 0.25) is 0 Å². The van der Waals surface area contributed by atoms with Crippen LogP contribution in [0.1, 0.15) is 12.5 Å². The van der Waals surface area contributed by atoms with Crippen molar-refractivity contribution < 1.29 is 18.2 Å². The second-order valence-corrected chi connectivity index (χ2v) is 6.44. The summed E-state index contributed by atoms with van der Waals surface area (Å²) in [6, 6.07) is 11.3. The van der Waals surface area contributed by atoms with Crippen LogP contribution in [0.3, 0.4) is 0 Å². The lowest BCUT2D eigenvalue weighted by molar-refractivity contribution is -0.384. The summed E-state index contributed by atoms with van der Waals surface area (Å²) < 4.78 is 27.4. The molecule has 0 bridgehead atoms. The van der Waals surface area contributed by atoms with Gasteiger partial charge in [-0.15, -0.1) is 0 Å². The summed E-state index contributed by atoms with van der Waals surface area (Å²) in [5, 5.41) is 14.4. The average molecular weight is 349 g/mol. The highest BCUT2D eigenvalue weighted by atomic mass is 32.2. The zero-order valence-electron chi connectivity index (χ0n) is 13.0. The van der Waals surface area contributed by atoms with Gasteiger partial charge in [0.05, 0.1) is 21.2 Å². The summed E-state index contributed by atoms with van der Waals surface area (Å²) in [4.78, 5) is 14.7. The number of benzene rings is 2. The number of para-hydroxylation sites is 1. The molecule has 2 rings (SSSR count). The van der Waals surface area contributed by atoms with Crippen molar-refractivity contribution in [1.29, 1.82) is 0 Å². The highest BCUT2D eigenvalue weighted by Crippen LogP contribution is 2.22. The van der Waals surface area contributed by atoms with E-state index in [1.807, 2.05) is 0 Å². The van der Waals surface area contributed by atoms with Gasteiger partial charge in [-0.1, -0.05) is 23.4 Å². The van der Waals surface area contributed by atoms with Gasteiger partial charge in [0.15, 0.2) is 0 Å². The van der Waals surface area contributed by atoms with Crippen molar-refractivity contribution in [2.75, 3.05) is 11.8 Å². The Labute approximate surface area is 139 Å². The molecule has 2 aromatic rings. The lowest BCUT2D eigenvalue weighted by Crippen LogP contribution is -2.15. The first-order valence-corrected chi connectivity index (χ1v) is 8.28. The lowest BCUT2D eigenvalue weighted by atomic mass is 10.1. The smallest absolute Gasteiger partial charge is 0.269 e. The number of hydrogen-bond donors (Lipinski definition) is 1. The van der Waals surface area contributed by atoms with E-state index in [2.05, 4.69) is 9.88 Å². The highest BCUT2D eigenvalue weighted by molar-refractivity contribution is 7.92. The maximum Gasteiger partial charge on any atom is 0.269 e. The van der Waals surface area contributed by atoms with Crippen molar-refractivity contribution in [2.24, 2.45) is 5.16 Å². The molecule has 1 N–H and O–H groups in total. The Morgan fingerprint density at radius 2 is 1.79 bits per heavy atom. The third kappa shape index (κ3) is 3.87. The summed E-state index contributed by atoms with van der Waals surface area (Å²) in [7, 11) is -2.50. The summed E-state index contributed by atoms with van der Waals surface area (Å²) in [5.74, 6) is 0. The van der Waals surface area contributed by atoms with Crippen LogP contribution in [0, 0.1) is 10.1 Å². The maximum absolute atomic E-state index is 12.5. The summed E-state index contributed by atoms with van der Waals surface area (Å²) in [6.45, 7) is 1.68. The number of oxime groups is 1. The van der Waals surface area contributed by atoms with Crippen molar-refractivity contribution >= 4 is 27.1 Å². The normalized spacial score (nSPS) is 11.8. The first kappa shape index (κ1) is 17.4. The van der Waals surface area contributed by atoms with E-state index in [0.29, 0.717) is 17.0 Å². The highest BCUT2D eigenvalue weighted by Gasteiger charge is 2.18. The van der Waals surface area contributed by atoms with E-state index < -0.39 is 14.9 Å². The van der Waals surface area contributed by atoms with Gasteiger partial charge in [-0.3, -0.25) is 14.8 Å². The van der Waals surface area contributed by atoms with Gasteiger partial charge in [0.1, 0.15) is 7.11 Å². The molecule has 0 radical (unpaired) electrons. The molecule has 0 fully saturated rings. The standard InChI is InChI=1S/C15H15N3O5S/c1-11(16-23-2)14-5-3-4-6-15(14)17-24(21,22)13-9-7-12(8-10-13)18(19)20/h3-10,17H,1-2H3/b16-11-. The topological polar surface area (TPSA) is 111 Å². The van der Waals surface area contributed by atoms with Gasteiger partial charge < -0.3 is 4.84 Å². The van der Waals surface area contributed by atoms with E-state index in [9.17, 15) is 18.5 Å². The van der Waals surface area contributed by atoms with Crippen LogP contribution in [0.4, 0.5) is 11.4 Å². The van der Waals surface area contributed by atoms with Crippen LogP contribution in [-0.2, 0) is 14.9 Å². The molecule has 0 amide bonds. The van der Waals surface area contributed by atoms with Gasteiger partial charge in [-0.05, 0) is 25.1 Å². The molecule has 0 saturated carbocycles. The number of nitrogens with zero attached hydrogens (tertiary/aromatic N) is 2. The number of non-ortho nitro benzene ring substituents is 1. The number of anilines is 1. The molecule has 0 saturated heterocycles. The van der Waals surface area contributed by atoms with Crippen LogP contribution in [-0.4, -0.2) is 26.2 Å². The minimum Gasteiger partial charge on any atom is -0.399 e. The predicted molar refractivity (Wildman–Crippen MR) is 89.6 cm³/mol. The zero-order chi connectivity index (χ0) is 17.7. The van der Waals surface area contributed by atoms with Crippen LogP contribution < -0.4 is 4.72 Å². The third-order valence-corrected chi connectivity index (χ3v) is 4.53. The number of nitro benzene ring substituents is 1. The van der Waals surface area contributed by atoms with Gasteiger partial charge >= 0.3 is 0 Å². The van der Waals surface area contributed by atoms with Crippen molar-refractivity contribution in [2.45, 2.75) is 11.8 Å². The van der Waals surface area contributed by atoms with E-state index in [1.165, 1.54) is 19.2 Å². The van der Waals surface area contributed by atoms with Crippen LogP contribution in [0.15, 0.2) is 58.6 Å². The van der Waals surface area contributed by atoms with E-state index in [4.69, 9.17) is 4.84 Å². The monoisotopic (exact) mass is 349 g/mol. The Bertz CT molecular complexity index is 876. The summed E-state index contributed by atoms with van der Waals surface area (Å²) in [5.41, 5.74) is 1.20. The Balaban J connectivity index is 2.36. The fourth-order valence-electron chi connectivity index (χ4n) is 2.02. The van der Waals surface area contributed by atoms with Gasteiger partial charge in [0.2, 0.25) is 0 Å². The van der Waals surface area contributed by atoms with Gasteiger partial charge in [-0.25, -0.2) is 8.42 Å². The molecule has 8 nitrogen and oxygen atoms in total. The molecule has 0 aromatic heterocycles. The Morgan fingerprint density at radius 1 is 1.17 bits per heavy atom. The van der Waals surface area contributed by atoms with Crippen molar-refractivity contribution in [3.05, 3.63) is 64.2 Å². The van der Waals surface area contributed by atoms with Gasteiger partial charge in [-0.2, -0.15) is 0 Å². The molecule has 126 valence electrons. The molecule has 0 aliphatic carbocycles. The van der Waals surface area contributed by atoms with Crippen LogP contribution in [0.25, 0.3) is 0 Å². The number of nitro groups is 1. The van der Waals surface area contributed by atoms with Crippen molar-refractivity contribution in [3.8, 4) is 0 Å². The maximum atomic E-state index is 12.5. The molecule has 0 aliphatic heterocycles. The third-order valence-electron chi connectivity index (χ3n) is 3.15. The Kier molecular flexibility index (Phi) is 5.14. The molecule has 0 atom stereocenters. The molecule has 0 spiro atoms. The lowest BCUT2D eigenvalue weighted by Gasteiger charge is -2.12. The minimum absolute atomic E-state index is 0.0794. The second-order valence-electron chi connectivity index (χ2n) is 4.76. The zero-order valence-corrected chi connectivity index (χ0v) is 13.8. The average Bonchev–Trinajstić information content (AvgIpc) is 2.55. The van der Waals surface area contributed by atoms with Crippen molar-refractivity contribution in [1.82, 2.24) is 0 Å². The summed E-state index contributed by atoms with van der Waals surface area (Å²) in [6.07, 6.45) is 0.